The van der Waals surface area contributed by atoms with Crippen molar-refractivity contribution in [3.05, 3.63) is 35.1 Å². The molecule has 0 saturated carbocycles. The number of alkyl halides is 3. The van der Waals surface area contributed by atoms with Crippen LogP contribution >= 0.6 is 35.7 Å². The molecule has 132 valence electrons. The van der Waals surface area contributed by atoms with E-state index in [1.54, 1.807) is 18.8 Å². The lowest BCUT2D eigenvalue weighted by molar-refractivity contribution is -0.138. The second-order valence-electron chi connectivity index (χ2n) is 4.50. The summed E-state index contributed by atoms with van der Waals surface area (Å²) in [5.41, 5.74) is -1.00. The second kappa shape index (κ2) is 11.0. The zero-order valence-electron chi connectivity index (χ0n) is 12.8. The molecule has 0 atom stereocenters. The SMILES string of the molecule is CN=C(NCCCSC)NCc1ccc(F)cc1C(F)(F)F.I. The quantitative estimate of drug-likeness (QED) is 0.220. The molecule has 0 amide bonds. The summed E-state index contributed by atoms with van der Waals surface area (Å²) in [5, 5.41) is 5.82. The van der Waals surface area contributed by atoms with Gasteiger partial charge >= 0.3 is 6.18 Å². The lowest BCUT2D eigenvalue weighted by Gasteiger charge is -2.15. The van der Waals surface area contributed by atoms with Gasteiger partial charge in [0.25, 0.3) is 0 Å². The molecule has 0 aromatic heterocycles. The Kier molecular flexibility index (Phi) is 10.6. The minimum Gasteiger partial charge on any atom is -0.356 e. The molecule has 3 nitrogen and oxygen atoms in total. The molecule has 0 unspecified atom stereocenters. The molecule has 0 aliphatic rings. The Morgan fingerprint density at radius 1 is 1.26 bits per heavy atom. The fraction of sp³-hybridized carbons (Fsp3) is 0.500. The molecule has 0 spiro atoms. The van der Waals surface area contributed by atoms with Crippen LogP contribution in [0.5, 0.6) is 0 Å². The Balaban J connectivity index is 0.00000484. The van der Waals surface area contributed by atoms with Crippen LogP contribution in [0.15, 0.2) is 23.2 Å². The van der Waals surface area contributed by atoms with E-state index in [0.717, 1.165) is 24.3 Å². The van der Waals surface area contributed by atoms with E-state index >= 15 is 0 Å². The first-order valence-corrected chi connectivity index (χ1v) is 8.07. The van der Waals surface area contributed by atoms with E-state index in [0.29, 0.717) is 18.6 Å². The summed E-state index contributed by atoms with van der Waals surface area (Å²) in [7, 11) is 1.54. The van der Waals surface area contributed by atoms with Gasteiger partial charge < -0.3 is 10.6 Å². The number of benzene rings is 1. The normalized spacial score (nSPS) is 11.8. The third-order valence-electron chi connectivity index (χ3n) is 2.86. The lowest BCUT2D eigenvalue weighted by atomic mass is 10.1. The van der Waals surface area contributed by atoms with E-state index < -0.39 is 17.6 Å². The summed E-state index contributed by atoms with van der Waals surface area (Å²) in [6.07, 6.45) is -1.67. The van der Waals surface area contributed by atoms with E-state index in [2.05, 4.69) is 15.6 Å². The fourth-order valence-electron chi connectivity index (χ4n) is 1.79. The number of aliphatic imine (C=N–C) groups is 1. The molecule has 0 aliphatic heterocycles. The maximum Gasteiger partial charge on any atom is 0.416 e. The van der Waals surface area contributed by atoms with Crippen molar-refractivity contribution >= 4 is 41.7 Å². The van der Waals surface area contributed by atoms with Gasteiger partial charge in [-0.25, -0.2) is 4.39 Å². The smallest absolute Gasteiger partial charge is 0.356 e. The molecule has 0 aliphatic carbocycles. The third kappa shape index (κ3) is 8.09. The number of halogens is 5. The Labute approximate surface area is 154 Å². The van der Waals surface area contributed by atoms with Crippen molar-refractivity contribution in [1.29, 1.82) is 0 Å². The fourth-order valence-corrected chi connectivity index (χ4v) is 2.22. The van der Waals surface area contributed by atoms with Crippen molar-refractivity contribution in [2.75, 3.05) is 25.6 Å². The van der Waals surface area contributed by atoms with Crippen LogP contribution in [-0.4, -0.2) is 31.6 Å². The van der Waals surface area contributed by atoms with Crippen LogP contribution in [0.3, 0.4) is 0 Å². The molecule has 1 aromatic rings. The highest BCUT2D eigenvalue weighted by Gasteiger charge is 2.33. The van der Waals surface area contributed by atoms with Gasteiger partial charge in [-0.2, -0.15) is 24.9 Å². The lowest BCUT2D eigenvalue weighted by Crippen LogP contribution is -2.37. The predicted molar refractivity (Wildman–Crippen MR) is 98.0 cm³/mol. The summed E-state index contributed by atoms with van der Waals surface area (Å²) in [6.45, 7) is 0.591. The summed E-state index contributed by atoms with van der Waals surface area (Å²) >= 11 is 1.72. The zero-order valence-corrected chi connectivity index (χ0v) is 16.0. The summed E-state index contributed by atoms with van der Waals surface area (Å²) in [6, 6.07) is 2.65. The zero-order chi connectivity index (χ0) is 16.6. The number of hydrogen-bond donors (Lipinski definition) is 2. The molecule has 1 rings (SSSR count). The Morgan fingerprint density at radius 2 is 1.96 bits per heavy atom. The van der Waals surface area contributed by atoms with Gasteiger partial charge in [-0.15, -0.1) is 24.0 Å². The molecular formula is C14H20F4IN3S. The molecule has 0 radical (unpaired) electrons. The van der Waals surface area contributed by atoms with Gasteiger partial charge in [0.2, 0.25) is 0 Å². The van der Waals surface area contributed by atoms with Crippen LogP contribution in [0.4, 0.5) is 17.6 Å². The average Bonchev–Trinajstić information content (AvgIpc) is 2.46. The van der Waals surface area contributed by atoms with E-state index in [4.69, 9.17) is 0 Å². The number of rotatable bonds is 6. The van der Waals surface area contributed by atoms with Gasteiger partial charge in [0.15, 0.2) is 5.96 Å². The standard InChI is InChI=1S/C14H19F4N3S.HI/c1-19-13(20-6-3-7-22-2)21-9-10-4-5-11(15)8-12(10)14(16,17)18;/h4-5,8H,3,6-7,9H2,1-2H3,(H2,19,20,21);1H. The van der Waals surface area contributed by atoms with E-state index in [9.17, 15) is 17.6 Å². The molecule has 0 heterocycles. The Morgan fingerprint density at radius 3 is 2.52 bits per heavy atom. The highest BCUT2D eigenvalue weighted by Crippen LogP contribution is 2.32. The van der Waals surface area contributed by atoms with Crippen molar-refractivity contribution < 1.29 is 17.6 Å². The van der Waals surface area contributed by atoms with Crippen molar-refractivity contribution in [2.24, 2.45) is 4.99 Å². The summed E-state index contributed by atoms with van der Waals surface area (Å²) < 4.78 is 51.7. The largest absolute Gasteiger partial charge is 0.416 e. The molecule has 23 heavy (non-hydrogen) atoms. The Hall–Kier alpha value is -0.710. The summed E-state index contributed by atoms with van der Waals surface area (Å²) in [5.74, 6) is 0.495. The number of thioether (sulfide) groups is 1. The van der Waals surface area contributed by atoms with E-state index in [1.165, 1.54) is 0 Å². The van der Waals surface area contributed by atoms with Crippen molar-refractivity contribution in [1.82, 2.24) is 10.6 Å². The van der Waals surface area contributed by atoms with Gasteiger partial charge in [0.05, 0.1) is 5.56 Å². The van der Waals surface area contributed by atoms with Crippen LogP contribution < -0.4 is 10.6 Å². The van der Waals surface area contributed by atoms with Gasteiger partial charge in [-0.3, -0.25) is 4.99 Å². The van der Waals surface area contributed by atoms with Crippen LogP contribution in [0.25, 0.3) is 0 Å². The number of hydrogen-bond acceptors (Lipinski definition) is 2. The first kappa shape index (κ1) is 22.3. The first-order chi connectivity index (χ1) is 10.4. The topological polar surface area (TPSA) is 36.4 Å². The van der Waals surface area contributed by atoms with Gasteiger partial charge in [-0.05, 0) is 36.1 Å². The highest BCUT2D eigenvalue weighted by molar-refractivity contribution is 14.0. The van der Waals surface area contributed by atoms with Crippen LogP contribution in [0.1, 0.15) is 17.5 Å². The van der Waals surface area contributed by atoms with Crippen LogP contribution in [0.2, 0.25) is 0 Å². The van der Waals surface area contributed by atoms with Crippen molar-refractivity contribution in [3.8, 4) is 0 Å². The van der Waals surface area contributed by atoms with Gasteiger partial charge in [-0.1, -0.05) is 6.07 Å². The van der Waals surface area contributed by atoms with E-state index in [1.807, 2.05) is 6.26 Å². The minimum absolute atomic E-state index is 0. The highest BCUT2D eigenvalue weighted by atomic mass is 127. The average molecular weight is 465 g/mol. The van der Waals surface area contributed by atoms with Crippen molar-refractivity contribution in [2.45, 2.75) is 19.1 Å². The van der Waals surface area contributed by atoms with E-state index in [-0.39, 0.29) is 36.1 Å². The van der Waals surface area contributed by atoms with Gasteiger partial charge in [0.1, 0.15) is 5.82 Å². The molecule has 9 heteroatoms. The molecule has 0 fully saturated rings. The molecule has 0 saturated heterocycles. The maximum atomic E-state index is 13.0. The number of nitrogens with zero attached hydrogens (tertiary/aromatic N) is 1. The Bertz CT molecular complexity index is 509. The first-order valence-electron chi connectivity index (χ1n) is 6.67. The summed E-state index contributed by atoms with van der Waals surface area (Å²) in [4.78, 5) is 3.94. The second-order valence-corrected chi connectivity index (χ2v) is 5.48. The van der Waals surface area contributed by atoms with Crippen LogP contribution in [-0.2, 0) is 12.7 Å². The molecule has 1 aromatic carbocycles. The monoisotopic (exact) mass is 465 g/mol. The maximum absolute atomic E-state index is 13.0. The predicted octanol–water partition coefficient (Wildman–Crippen LogP) is 3.88. The molecule has 2 N–H and O–H groups in total. The number of guanidine groups is 1. The van der Waals surface area contributed by atoms with Gasteiger partial charge in [0, 0.05) is 20.1 Å². The van der Waals surface area contributed by atoms with Crippen molar-refractivity contribution in [3.63, 3.8) is 0 Å². The molecule has 0 bridgehead atoms. The minimum atomic E-state index is -4.59. The molecular weight excluding hydrogens is 445 g/mol. The van der Waals surface area contributed by atoms with Crippen LogP contribution in [0, 0.1) is 5.82 Å². The number of nitrogens with one attached hydrogen (secondary N) is 2. The third-order valence-corrected chi connectivity index (χ3v) is 3.56.